The Hall–Kier alpha value is -1.02. The highest BCUT2D eigenvalue weighted by atomic mass is 16.3. The predicted octanol–water partition coefficient (Wildman–Crippen LogP) is 3.77. The summed E-state index contributed by atoms with van der Waals surface area (Å²) in [4.78, 5) is 0. The van der Waals surface area contributed by atoms with Crippen LogP contribution in [-0.2, 0) is 6.42 Å². The van der Waals surface area contributed by atoms with Crippen LogP contribution in [0.5, 0.6) is 0 Å². The molecule has 0 bridgehead atoms. The summed E-state index contributed by atoms with van der Waals surface area (Å²) in [6.07, 6.45) is 3.04. The summed E-state index contributed by atoms with van der Waals surface area (Å²) in [5.41, 5.74) is 3.90. The van der Waals surface area contributed by atoms with Crippen LogP contribution in [0.25, 0.3) is 0 Å². The Balaban J connectivity index is 2.85. The van der Waals surface area contributed by atoms with Gasteiger partial charge in [-0.15, -0.1) is 0 Å². The van der Waals surface area contributed by atoms with Crippen LogP contribution >= 0.6 is 0 Å². The van der Waals surface area contributed by atoms with Crippen LogP contribution in [-0.4, -0.2) is 18.3 Å². The number of para-hydroxylation sites is 1. The minimum absolute atomic E-state index is 0.00723. The molecule has 1 aromatic carbocycles. The Labute approximate surface area is 111 Å². The Morgan fingerprint density at radius 1 is 1.17 bits per heavy atom. The lowest BCUT2D eigenvalue weighted by molar-refractivity contribution is 0.127. The maximum Gasteiger partial charge on any atom is 0.0504 e. The first-order valence-electron chi connectivity index (χ1n) is 7.05. The molecule has 2 heteroatoms. The molecule has 1 aromatic rings. The second kappa shape index (κ2) is 6.79. The fourth-order valence-electron chi connectivity index (χ4n) is 2.33. The minimum atomic E-state index is 0.00723. The molecule has 0 fully saturated rings. The number of aliphatic hydroxyl groups excluding tert-OH is 1. The van der Waals surface area contributed by atoms with Crippen LogP contribution in [0.4, 0.5) is 5.69 Å². The molecule has 1 rings (SSSR count). The largest absolute Gasteiger partial charge is 0.396 e. The Morgan fingerprint density at radius 2 is 1.83 bits per heavy atom. The second-order valence-corrected chi connectivity index (χ2v) is 5.18. The van der Waals surface area contributed by atoms with Crippen molar-refractivity contribution >= 4 is 5.69 Å². The van der Waals surface area contributed by atoms with Crippen LogP contribution in [0.2, 0.25) is 0 Å². The van der Waals surface area contributed by atoms with Crippen molar-refractivity contribution in [3.63, 3.8) is 0 Å². The van der Waals surface area contributed by atoms with E-state index in [9.17, 15) is 5.11 Å². The van der Waals surface area contributed by atoms with Crippen molar-refractivity contribution in [1.29, 1.82) is 0 Å². The van der Waals surface area contributed by atoms with E-state index in [4.69, 9.17) is 0 Å². The lowest BCUT2D eigenvalue weighted by atomic mass is 9.83. The van der Waals surface area contributed by atoms with Crippen LogP contribution in [0.15, 0.2) is 18.2 Å². The highest BCUT2D eigenvalue weighted by Gasteiger charge is 2.25. The van der Waals surface area contributed by atoms with Gasteiger partial charge in [-0.05, 0) is 37.3 Å². The highest BCUT2D eigenvalue weighted by molar-refractivity contribution is 5.57. The van der Waals surface area contributed by atoms with Crippen LogP contribution < -0.4 is 5.32 Å². The summed E-state index contributed by atoms with van der Waals surface area (Å²) in [5, 5.41) is 13.2. The van der Waals surface area contributed by atoms with Gasteiger partial charge in [0.1, 0.15) is 0 Å². The lowest BCUT2D eigenvalue weighted by Crippen LogP contribution is -2.32. The van der Waals surface area contributed by atoms with Gasteiger partial charge in [-0.25, -0.2) is 0 Å². The third kappa shape index (κ3) is 3.26. The number of anilines is 1. The quantitative estimate of drug-likeness (QED) is 0.771. The molecule has 0 saturated heterocycles. The molecule has 0 aliphatic carbocycles. The van der Waals surface area contributed by atoms with E-state index in [1.807, 2.05) is 0 Å². The fourth-order valence-corrected chi connectivity index (χ4v) is 2.33. The molecule has 0 aliphatic heterocycles. The molecule has 0 unspecified atom stereocenters. The molecule has 0 amide bonds. The van der Waals surface area contributed by atoms with Gasteiger partial charge < -0.3 is 10.4 Å². The summed E-state index contributed by atoms with van der Waals surface area (Å²) < 4.78 is 0. The predicted molar refractivity (Wildman–Crippen MR) is 79.1 cm³/mol. The van der Waals surface area contributed by atoms with Crippen molar-refractivity contribution in [2.24, 2.45) is 5.41 Å². The zero-order chi connectivity index (χ0) is 13.6. The molecule has 0 heterocycles. The first kappa shape index (κ1) is 15.0. The zero-order valence-electron chi connectivity index (χ0n) is 12.2. The number of aryl methyl sites for hydroxylation is 2. The van der Waals surface area contributed by atoms with Crippen molar-refractivity contribution in [2.45, 2.75) is 47.0 Å². The molecule has 2 N–H and O–H groups in total. The molecular formula is C16H27NO. The normalized spacial score (nSPS) is 11.6. The number of aliphatic hydroxyl groups is 1. The first-order chi connectivity index (χ1) is 8.62. The molecule has 102 valence electrons. The molecule has 0 aliphatic rings. The van der Waals surface area contributed by atoms with Crippen molar-refractivity contribution in [2.75, 3.05) is 18.5 Å². The van der Waals surface area contributed by atoms with Gasteiger partial charge in [0.2, 0.25) is 0 Å². The van der Waals surface area contributed by atoms with E-state index < -0.39 is 0 Å². The fraction of sp³-hybridized carbons (Fsp3) is 0.625. The van der Waals surface area contributed by atoms with E-state index in [0.717, 1.165) is 25.8 Å². The summed E-state index contributed by atoms with van der Waals surface area (Å²) in [6, 6.07) is 6.42. The van der Waals surface area contributed by atoms with Crippen LogP contribution in [0, 0.1) is 12.3 Å². The standard InChI is InChI=1S/C16H27NO/c1-5-14-10-8-9-13(4)15(14)17-11-16(6-2,7-3)12-18/h8-10,17-18H,5-7,11-12H2,1-4H3. The topological polar surface area (TPSA) is 32.3 Å². The van der Waals surface area contributed by atoms with Gasteiger partial charge >= 0.3 is 0 Å². The van der Waals surface area contributed by atoms with Gasteiger partial charge in [0.15, 0.2) is 0 Å². The SMILES string of the molecule is CCc1cccc(C)c1NCC(CC)(CC)CO. The molecule has 0 saturated carbocycles. The second-order valence-electron chi connectivity index (χ2n) is 5.18. The van der Waals surface area contributed by atoms with Gasteiger partial charge in [-0.2, -0.15) is 0 Å². The number of benzene rings is 1. The van der Waals surface area contributed by atoms with Crippen molar-refractivity contribution in [3.05, 3.63) is 29.3 Å². The summed E-state index contributed by atoms with van der Waals surface area (Å²) >= 11 is 0. The monoisotopic (exact) mass is 249 g/mol. The number of nitrogens with one attached hydrogen (secondary N) is 1. The van der Waals surface area contributed by atoms with Gasteiger partial charge in [0.05, 0.1) is 6.61 Å². The molecular weight excluding hydrogens is 222 g/mol. The maximum absolute atomic E-state index is 9.61. The highest BCUT2D eigenvalue weighted by Crippen LogP contribution is 2.28. The average molecular weight is 249 g/mol. The summed E-state index contributed by atoms with van der Waals surface area (Å²) in [5.74, 6) is 0. The number of rotatable bonds is 7. The average Bonchev–Trinajstić information content (AvgIpc) is 2.42. The van der Waals surface area contributed by atoms with Crippen molar-refractivity contribution < 1.29 is 5.11 Å². The van der Waals surface area contributed by atoms with Crippen LogP contribution in [0.1, 0.15) is 44.7 Å². The zero-order valence-corrected chi connectivity index (χ0v) is 12.2. The molecule has 18 heavy (non-hydrogen) atoms. The Morgan fingerprint density at radius 3 is 2.33 bits per heavy atom. The Bertz CT molecular complexity index is 361. The van der Waals surface area contributed by atoms with Gasteiger partial charge in [-0.1, -0.05) is 39.0 Å². The Kier molecular flexibility index (Phi) is 5.67. The van der Waals surface area contributed by atoms with E-state index in [2.05, 4.69) is 51.2 Å². The molecule has 0 atom stereocenters. The number of hydrogen-bond acceptors (Lipinski definition) is 2. The molecule has 0 aromatic heterocycles. The van der Waals surface area contributed by atoms with E-state index >= 15 is 0 Å². The van der Waals surface area contributed by atoms with E-state index in [1.165, 1.54) is 16.8 Å². The van der Waals surface area contributed by atoms with Crippen LogP contribution in [0.3, 0.4) is 0 Å². The van der Waals surface area contributed by atoms with E-state index in [1.54, 1.807) is 0 Å². The molecule has 0 radical (unpaired) electrons. The lowest BCUT2D eigenvalue weighted by Gasteiger charge is -2.31. The smallest absolute Gasteiger partial charge is 0.0504 e. The third-order valence-electron chi connectivity index (χ3n) is 4.22. The minimum Gasteiger partial charge on any atom is -0.396 e. The number of hydrogen-bond donors (Lipinski definition) is 2. The third-order valence-corrected chi connectivity index (χ3v) is 4.22. The van der Waals surface area contributed by atoms with Gasteiger partial charge in [0.25, 0.3) is 0 Å². The summed E-state index contributed by atoms with van der Waals surface area (Å²) in [7, 11) is 0. The van der Waals surface area contributed by atoms with E-state index in [0.29, 0.717) is 0 Å². The molecule has 2 nitrogen and oxygen atoms in total. The van der Waals surface area contributed by atoms with Crippen molar-refractivity contribution in [1.82, 2.24) is 0 Å². The first-order valence-corrected chi connectivity index (χ1v) is 7.05. The van der Waals surface area contributed by atoms with E-state index in [-0.39, 0.29) is 12.0 Å². The van der Waals surface area contributed by atoms with Gasteiger partial charge in [0, 0.05) is 17.6 Å². The van der Waals surface area contributed by atoms with Gasteiger partial charge in [-0.3, -0.25) is 0 Å². The molecule has 0 spiro atoms. The van der Waals surface area contributed by atoms with Crippen molar-refractivity contribution in [3.8, 4) is 0 Å². The maximum atomic E-state index is 9.61. The summed E-state index contributed by atoms with van der Waals surface area (Å²) in [6.45, 7) is 9.72.